The van der Waals surface area contributed by atoms with Crippen molar-refractivity contribution in [3.63, 3.8) is 0 Å². The van der Waals surface area contributed by atoms with E-state index in [1.165, 1.54) is 6.92 Å². The Morgan fingerprint density at radius 3 is 2.95 bits per heavy atom. The molecule has 1 N–H and O–H groups in total. The van der Waals surface area contributed by atoms with E-state index in [1.54, 1.807) is 6.08 Å². The Kier molecular flexibility index (Phi) is 5.19. The highest BCUT2D eigenvalue weighted by molar-refractivity contribution is 5.91. The second kappa shape index (κ2) is 6.92. The van der Waals surface area contributed by atoms with E-state index in [-0.39, 0.29) is 12.6 Å². The molecular weight excluding hydrogens is 284 g/mol. The van der Waals surface area contributed by atoms with Crippen molar-refractivity contribution in [2.75, 3.05) is 6.61 Å². The lowest BCUT2D eigenvalue weighted by Gasteiger charge is -2.23. The van der Waals surface area contributed by atoms with Gasteiger partial charge >= 0.3 is 11.9 Å². The first kappa shape index (κ1) is 16.5. The first-order valence-corrected chi connectivity index (χ1v) is 7.45. The zero-order chi connectivity index (χ0) is 16.3. The van der Waals surface area contributed by atoms with Crippen LogP contribution in [0.4, 0.5) is 0 Å². The molecule has 0 bridgehead atoms. The van der Waals surface area contributed by atoms with Crippen LogP contribution >= 0.6 is 0 Å². The van der Waals surface area contributed by atoms with Crippen LogP contribution < -0.4 is 0 Å². The first-order valence-electron chi connectivity index (χ1n) is 7.45. The number of allylic oxidation sites excluding steroid dienone is 1. The Morgan fingerprint density at radius 1 is 1.55 bits per heavy atom. The maximum absolute atomic E-state index is 11.8. The van der Waals surface area contributed by atoms with Crippen molar-refractivity contribution in [1.29, 1.82) is 0 Å². The summed E-state index contributed by atoms with van der Waals surface area (Å²) < 4.78 is 10.4. The van der Waals surface area contributed by atoms with Gasteiger partial charge in [-0.15, -0.1) is 0 Å². The largest absolute Gasteiger partial charge is 0.461 e. The first-order chi connectivity index (χ1) is 10.4. The van der Waals surface area contributed by atoms with E-state index in [0.717, 1.165) is 17.6 Å². The van der Waals surface area contributed by atoms with Gasteiger partial charge in [0.05, 0.1) is 12.0 Å². The molecule has 0 amide bonds. The average Bonchev–Trinajstić information content (AvgIpc) is 2.70. The Bertz CT molecular complexity index is 543. The maximum atomic E-state index is 11.8. The number of carbonyl (C=O) groups is 2. The molecular formula is C17H22O5. The molecule has 0 aromatic heterocycles. The van der Waals surface area contributed by atoms with Gasteiger partial charge in [-0.25, -0.2) is 4.79 Å². The van der Waals surface area contributed by atoms with Crippen molar-refractivity contribution in [3.8, 4) is 0 Å². The van der Waals surface area contributed by atoms with Gasteiger partial charge in [-0.2, -0.15) is 0 Å². The quantitative estimate of drug-likeness (QED) is 0.480. The fourth-order valence-electron chi connectivity index (χ4n) is 2.87. The van der Waals surface area contributed by atoms with Crippen LogP contribution in [0, 0.1) is 5.92 Å². The van der Waals surface area contributed by atoms with Crippen LogP contribution in [0.1, 0.15) is 33.1 Å². The predicted molar refractivity (Wildman–Crippen MR) is 80.8 cm³/mol. The number of carbonyl (C=O) groups excluding carboxylic acids is 2. The molecule has 1 aliphatic carbocycles. The van der Waals surface area contributed by atoms with Crippen molar-refractivity contribution in [3.05, 3.63) is 35.5 Å². The smallest absolute Gasteiger partial charge is 0.334 e. The van der Waals surface area contributed by atoms with Gasteiger partial charge in [-0.1, -0.05) is 18.2 Å². The fourth-order valence-corrected chi connectivity index (χ4v) is 2.87. The summed E-state index contributed by atoms with van der Waals surface area (Å²) in [6.07, 6.45) is 4.58. The summed E-state index contributed by atoms with van der Waals surface area (Å²) in [4.78, 5) is 22.8. The van der Waals surface area contributed by atoms with E-state index < -0.39 is 24.1 Å². The van der Waals surface area contributed by atoms with Gasteiger partial charge in [0.1, 0.15) is 12.7 Å². The van der Waals surface area contributed by atoms with Crippen molar-refractivity contribution < 1.29 is 24.2 Å². The van der Waals surface area contributed by atoms with Gasteiger partial charge in [0, 0.05) is 12.5 Å². The van der Waals surface area contributed by atoms with Crippen LogP contribution in [0.5, 0.6) is 0 Å². The number of fused-ring (bicyclic) bond motifs is 1. The lowest BCUT2D eigenvalue weighted by molar-refractivity contribution is -0.140. The van der Waals surface area contributed by atoms with E-state index in [4.69, 9.17) is 9.47 Å². The number of ether oxygens (including phenoxy) is 2. The SMILES string of the molecule is C=C1C(=O)O[C@@H]2/C=C(\COC(C)=O)CC/C=C(\C)C[C@H](O)[C@@H]12. The second-order valence-corrected chi connectivity index (χ2v) is 5.89. The molecule has 22 heavy (non-hydrogen) atoms. The Balaban J connectivity index is 2.28. The number of aliphatic hydroxyl groups excluding tert-OH is 1. The van der Waals surface area contributed by atoms with Gasteiger partial charge in [0.2, 0.25) is 0 Å². The van der Waals surface area contributed by atoms with Crippen molar-refractivity contribution in [1.82, 2.24) is 0 Å². The van der Waals surface area contributed by atoms with Gasteiger partial charge in [0.25, 0.3) is 0 Å². The molecule has 0 unspecified atom stereocenters. The highest BCUT2D eigenvalue weighted by atomic mass is 16.6. The van der Waals surface area contributed by atoms with Gasteiger partial charge < -0.3 is 14.6 Å². The number of hydrogen-bond acceptors (Lipinski definition) is 5. The Hall–Kier alpha value is -1.88. The van der Waals surface area contributed by atoms with Crippen molar-refractivity contribution >= 4 is 11.9 Å². The summed E-state index contributed by atoms with van der Waals surface area (Å²) in [6, 6.07) is 0. The molecule has 2 rings (SSSR count). The average molecular weight is 306 g/mol. The number of hydrogen-bond donors (Lipinski definition) is 1. The van der Waals surface area contributed by atoms with Crippen LogP contribution in [-0.4, -0.2) is 35.9 Å². The summed E-state index contributed by atoms with van der Waals surface area (Å²) in [5, 5.41) is 10.4. The monoisotopic (exact) mass is 306 g/mol. The highest BCUT2D eigenvalue weighted by Gasteiger charge is 2.42. The zero-order valence-electron chi connectivity index (χ0n) is 13.0. The van der Waals surface area contributed by atoms with E-state index >= 15 is 0 Å². The molecule has 120 valence electrons. The summed E-state index contributed by atoms with van der Waals surface area (Å²) in [6.45, 7) is 7.23. The molecule has 2 aliphatic rings. The molecule has 1 heterocycles. The van der Waals surface area contributed by atoms with Crippen LogP contribution in [0.25, 0.3) is 0 Å². The number of aliphatic hydroxyl groups is 1. The predicted octanol–water partition coefficient (Wildman–Crippen LogP) is 2.06. The Morgan fingerprint density at radius 2 is 2.27 bits per heavy atom. The second-order valence-electron chi connectivity index (χ2n) is 5.89. The summed E-state index contributed by atoms with van der Waals surface area (Å²) >= 11 is 0. The topological polar surface area (TPSA) is 72.8 Å². The molecule has 0 aromatic rings. The number of esters is 2. The minimum absolute atomic E-state index is 0.172. The van der Waals surface area contributed by atoms with Crippen LogP contribution in [-0.2, 0) is 19.1 Å². The normalized spacial score (nSPS) is 33.9. The van der Waals surface area contributed by atoms with Crippen LogP contribution in [0.3, 0.4) is 0 Å². The molecule has 3 atom stereocenters. The lowest BCUT2D eigenvalue weighted by atomic mass is 9.85. The highest BCUT2D eigenvalue weighted by Crippen LogP contribution is 2.34. The van der Waals surface area contributed by atoms with E-state index in [9.17, 15) is 14.7 Å². The fraction of sp³-hybridized carbons (Fsp3) is 0.529. The van der Waals surface area contributed by atoms with E-state index in [1.807, 2.05) is 6.92 Å². The molecule has 1 aliphatic heterocycles. The zero-order valence-corrected chi connectivity index (χ0v) is 13.0. The van der Waals surface area contributed by atoms with Crippen LogP contribution in [0.15, 0.2) is 35.5 Å². The molecule has 0 saturated carbocycles. The number of rotatable bonds is 2. The third-order valence-electron chi connectivity index (χ3n) is 4.03. The third-order valence-corrected chi connectivity index (χ3v) is 4.03. The van der Waals surface area contributed by atoms with Crippen molar-refractivity contribution in [2.24, 2.45) is 5.92 Å². The molecule has 0 aromatic carbocycles. The van der Waals surface area contributed by atoms with Crippen LogP contribution in [0.2, 0.25) is 0 Å². The standard InChI is InChI=1S/C17H22O5/c1-10-5-4-6-13(9-21-12(3)18)8-15-16(14(19)7-10)11(2)17(20)22-15/h5,8,14-16,19H,2,4,6-7,9H2,1,3H3/b10-5+,13-8-/t14-,15+,16+/m0/s1. The molecule has 5 nitrogen and oxygen atoms in total. The molecule has 0 spiro atoms. The maximum Gasteiger partial charge on any atom is 0.334 e. The summed E-state index contributed by atoms with van der Waals surface area (Å²) in [7, 11) is 0. The molecule has 1 saturated heterocycles. The van der Waals surface area contributed by atoms with E-state index in [2.05, 4.69) is 12.7 Å². The molecule has 5 heteroatoms. The van der Waals surface area contributed by atoms with Gasteiger partial charge in [-0.3, -0.25) is 4.79 Å². The summed E-state index contributed by atoms with van der Waals surface area (Å²) in [5.74, 6) is -1.28. The minimum Gasteiger partial charge on any atom is -0.461 e. The van der Waals surface area contributed by atoms with E-state index in [0.29, 0.717) is 18.4 Å². The lowest BCUT2D eigenvalue weighted by Crippen LogP contribution is -2.29. The Labute approximate surface area is 130 Å². The minimum atomic E-state index is -0.718. The third kappa shape index (κ3) is 3.85. The van der Waals surface area contributed by atoms with Gasteiger partial charge in [-0.05, 0) is 37.8 Å². The summed E-state index contributed by atoms with van der Waals surface area (Å²) in [5.41, 5.74) is 2.24. The van der Waals surface area contributed by atoms with Gasteiger partial charge in [0.15, 0.2) is 0 Å². The molecule has 0 radical (unpaired) electrons. The molecule has 1 fully saturated rings. The van der Waals surface area contributed by atoms with Crippen molar-refractivity contribution in [2.45, 2.75) is 45.3 Å².